The van der Waals surface area contributed by atoms with Crippen molar-refractivity contribution in [3.8, 4) is 0 Å². The van der Waals surface area contributed by atoms with Crippen molar-refractivity contribution in [2.45, 2.75) is 13.1 Å². The summed E-state index contributed by atoms with van der Waals surface area (Å²) in [7, 11) is 0. The molecule has 21 heavy (non-hydrogen) atoms. The van der Waals surface area contributed by atoms with Crippen LogP contribution in [0.3, 0.4) is 0 Å². The quantitative estimate of drug-likeness (QED) is 0.905. The Hall–Kier alpha value is -1.42. The van der Waals surface area contributed by atoms with E-state index in [0.717, 1.165) is 11.3 Å². The van der Waals surface area contributed by atoms with Crippen LogP contribution in [-0.2, 0) is 0 Å². The van der Waals surface area contributed by atoms with E-state index in [1.165, 1.54) is 9.80 Å². The lowest BCUT2D eigenvalue weighted by Crippen LogP contribution is -2.50. The van der Waals surface area contributed by atoms with E-state index in [2.05, 4.69) is 15.5 Å². The largest absolute Gasteiger partial charge is 0.401 e. The summed E-state index contributed by atoms with van der Waals surface area (Å²) in [5.41, 5.74) is 0. The minimum atomic E-state index is -4.20. The number of rotatable bonds is 4. The molecule has 0 unspecified atom stereocenters. The number of carbonyl (C=O) groups excluding carboxylic acids is 1. The molecule has 0 saturated carbocycles. The molecule has 1 saturated heterocycles. The van der Waals surface area contributed by atoms with Crippen LogP contribution in [0.15, 0.2) is 0 Å². The fourth-order valence-corrected chi connectivity index (χ4v) is 2.81. The molecular formula is C11H16F3N5OS. The number of nitrogens with zero attached hydrogens (tertiary/aromatic N) is 4. The van der Waals surface area contributed by atoms with Crippen LogP contribution in [0.25, 0.3) is 0 Å². The van der Waals surface area contributed by atoms with Gasteiger partial charge in [0.25, 0.3) is 5.91 Å². The highest BCUT2D eigenvalue weighted by Gasteiger charge is 2.33. The molecule has 0 aliphatic carbocycles. The molecule has 1 N–H and O–H groups in total. The molecule has 1 aliphatic rings. The van der Waals surface area contributed by atoms with E-state index in [9.17, 15) is 18.0 Å². The molecule has 6 nitrogen and oxygen atoms in total. The van der Waals surface area contributed by atoms with E-state index in [0.29, 0.717) is 11.7 Å². The third-order valence-corrected chi connectivity index (χ3v) is 3.87. The first-order chi connectivity index (χ1) is 9.89. The highest BCUT2D eigenvalue weighted by atomic mass is 32.1. The van der Waals surface area contributed by atoms with Crippen LogP contribution in [0.2, 0.25) is 0 Å². The Labute approximate surface area is 123 Å². The van der Waals surface area contributed by atoms with Gasteiger partial charge in [-0.1, -0.05) is 11.3 Å². The summed E-state index contributed by atoms with van der Waals surface area (Å²) in [6.45, 7) is 2.62. The molecule has 1 aliphatic heterocycles. The van der Waals surface area contributed by atoms with Crippen molar-refractivity contribution in [1.29, 1.82) is 0 Å². The van der Waals surface area contributed by atoms with Crippen molar-refractivity contribution < 1.29 is 18.0 Å². The van der Waals surface area contributed by atoms with E-state index >= 15 is 0 Å². The van der Waals surface area contributed by atoms with Crippen LogP contribution in [0.4, 0.5) is 18.3 Å². The highest BCUT2D eigenvalue weighted by molar-refractivity contribution is 7.17. The fraction of sp³-hybridized carbons (Fsp3) is 0.727. The first-order valence-electron chi connectivity index (χ1n) is 6.55. The van der Waals surface area contributed by atoms with Crippen molar-refractivity contribution in [2.75, 3.05) is 44.6 Å². The minimum absolute atomic E-state index is 0.212. The zero-order valence-electron chi connectivity index (χ0n) is 11.5. The lowest BCUT2D eigenvalue weighted by atomic mass is 10.3. The predicted octanol–water partition coefficient (Wildman–Crippen LogP) is 1.29. The van der Waals surface area contributed by atoms with Gasteiger partial charge in [0, 0.05) is 32.7 Å². The van der Waals surface area contributed by atoms with Gasteiger partial charge in [0.2, 0.25) is 10.1 Å². The molecule has 0 radical (unpaired) electrons. The second-order valence-electron chi connectivity index (χ2n) is 4.63. The Kier molecular flexibility index (Phi) is 4.99. The average Bonchev–Trinajstić information content (AvgIpc) is 2.86. The van der Waals surface area contributed by atoms with E-state index in [1.54, 1.807) is 0 Å². The topological polar surface area (TPSA) is 61.4 Å². The van der Waals surface area contributed by atoms with Gasteiger partial charge in [0.15, 0.2) is 0 Å². The molecule has 2 rings (SSSR count). The van der Waals surface area contributed by atoms with Crippen molar-refractivity contribution >= 4 is 22.4 Å². The lowest BCUT2D eigenvalue weighted by molar-refractivity contribution is -0.148. The first-order valence-corrected chi connectivity index (χ1v) is 7.36. The van der Waals surface area contributed by atoms with Gasteiger partial charge < -0.3 is 10.2 Å². The Morgan fingerprint density at radius 3 is 2.52 bits per heavy atom. The van der Waals surface area contributed by atoms with Gasteiger partial charge in [-0.05, 0) is 6.92 Å². The third kappa shape index (κ3) is 4.53. The van der Waals surface area contributed by atoms with Gasteiger partial charge in [-0.25, -0.2) is 0 Å². The second-order valence-corrected chi connectivity index (χ2v) is 5.60. The molecular weight excluding hydrogens is 307 g/mol. The van der Waals surface area contributed by atoms with E-state index in [4.69, 9.17) is 0 Å². The zero-order chi connectivity index (χ0) is 15.5. The summed E-state index contributed by atoms with van der Waals surface area (Å²) in [4.78, 5) is 15.0. The maximum absolute atomic E-state index is 12.3. The Morgan fingerprint density at radius 2 is 1.95 bits per heavy atom. The number of halogens is 3. The maximum Gasteiger partial charge on any atom is 0.401 e. The number of amides is 1. The summed E-state index contributed by atoms with van der Waals surface area (Å²) in [6.07, 6.45) is -4.20. The Bertz CT molecular complexity index is 484. The summed E-state index contributed by atoms with van der Waals surface area (Å²) >= 11 is 1.15. The summed E-state index contributed by atoms with van der Waals surface area (Å²) in [5, 5.41) is 11.4. The maximum atomic E-state index is 12.3. The van der Waals surface area contributed by atoms with Gasteiger partial charge >= 0.3 is 6.18 Å². The van der Waals surface area contributed by atoms with Gasteiger partial charge in [0.05, 0.1) is 6.54 Å². The molecule has 10 heteroatoms. The zero-order valence-corrected chi connectivity index (χ0v) is 12.3. The monoisotopic (exact) mass is 323 g/mol. The van der Waals surface area contributed by atoms with Gasteiger partial charge in [-0.2, -0.15) is 13.2 Å². The number of aromatic nitrogens is 2. The SMILES string of the molecule is CCNc1nnc(C(=O)N2CCN(CC(F)(F)F)CC2)s1. The summed E-state index contributed by atoms with van der Waals surface area (Å²) in [6, 6.07) is 0. The molecule has 2 heterocycles. The number of alkyl halides is 3. The number of carbonyl (C=O) groups is 1. The predicted molar refractivity (Wildman–Crippen MR) is 72.5 cm³/mol. The van der Waals surface area contributed by atoms with Gasteiger partial charge in [-0.3, -0.25) is 9.69 Å². The third-order valence-electron chi connectivity index (χ3n) is 3.00. The van der Waals surface area contributed by atoms with E-state index in [1.807, 2.05) is 6.92 Å². The summed E-state index contributed by atoms with van der Waals surface area (Å²) < 4.78 is 36.9. The molecule has 1 aromatic heterocycles. The van der Waals surface area contributed by atoms with Crippen LogP contribution in [0.1, 0.15) is 16.7 Å². The average molecular weight is 323 g/mol. The molecule has 0 bridgehead atoms. The first kappa shape index (κ1) is 16.0. The minimum Gasteiger partial charge on any atom is -0.360 e. The van der Waals surface area contributed by atoms with Crippen LogP contribution in [0.5, 0.6) is 0 Å². The van der Waals surface area contributed by atoms with Gasteiger partial charge in [-0.15, -0.1) is 10.2 Å². The summed E-state index contributed by atoms with van der Waals surface area (Å²) in [5.74, 6) is -0.275. The normalized spacial score (nSPS) is 17.0. The fourth-order valence-electron chi connectivity index (χ4n) is 2.03. The molecule has 1 fully saturated rings. The number of piperazine rings is 1. The van der Waals surface area contributed by atoms with Crippen molar-refractivity contribution in [3.05, 3.63) is 5.01 Å². The van der Waals surface area contributed by atoms with Crippen LogP contribution in [0, 0.1) is 0 Å². The van der Waals surface area contributed by atoms with Crippen LogP contribution >= 0.6 is 11.3 Å². The van der Waals surface area contributed by atoms with Crippen LogP contribution in [-0.4, -0.2) is 71.3 Å². The smallest absolute Gasteiger partial charge is 0.360 e. The Balaban J connectivity index is 1.87. The van der Waals surface area contributed by atoms with Crippen molar-refractivity contribution in [1.82, 2.24) is 20.0 Å². The second kappa shape index (κ2) is 6.56. The van der Waals surface area contributed by atoms with E-state index < -0.39 is 12.7 Å². The van der Waals surface area contributed by atoms with Crippen LogP contribution < -0.4 is 5.32 Å². The van der Waals surface area contributed by atoms with Crippen molar-refractivity contribution in [2.24, 2.45) is 0 Å². The molecule has 118 valence electrons. The molecule has 0 atom stereocenters. The Morgan fingerprint density at radius 1 is 1.29 bits per heavy atom. The highest BCUT2D eigenvalue weighted by Crippen LogP contribution is 2.20. The van der Waals surface area contributed by atoms with Crippen molar-refractivity contribution in [3.63, 3.8) is 0 Å². The number of anilines is 1. The molecule has 0 aromatic carbocycles. The molecule has 1 aromatic rings. The number of hydrogen-bond acceptors (Lipinski definition) is 6. The van der Waals surface area contributed by atoms with E-state index in [-0.39, 0.29) is 37.1 Å². The lowest BCUT2D eigenvalue weighted by Gasteiger charge is -2.34. The number of nitrogens with one attached hydrogen (secondary N) is 1. The van der Waals surface area contributed by atoms with Gasteiger partial charge in [0.1, 0.15) is 0 Å². The molecule has 1 amide bonds. The number of hydrogen-bond donors (Lipinski definition) is 1. The molecule has 0 spiro atoms. The standard InChI is InChI=1S/C11H16F3N5OS/c1-2-15-10-17-16-8(21-10)9(20)19-5-3-18(4-6-19)7-11(12,13)14/h2-7H2,1H3,(H,15,17).